The van der Waals surface area contributed by atoms with Crippen LogP contribution in [0.4, 0.5) is 0 Å². The van der Waals surface area contributed by atoms with E-state index in [-0.39, 0.29) is 5.91 Å². The van der Waals surface area contributed by atoms with Gasteiger partial charge in [0.1, 0.15) is 0 Å². The molecule has 0 aliphatic carbocycles. The van der Waals surface area contributed by atoms with Gasteiger partial charge < -0.3 is 4.90 Å². The van der Waals surface area contributed by atoms with Crippen molar-refractivity contribution in [3.05, 3.63) is 77.6 Å². The van der Waals surface area contributed by atoms with Crippen LogP contribution in [0.5, 0.6) is 0 Å². The molecule has 0 N–H and O–H groups in total. The third-order valence-electron chi connectivity index (χ3n) is 5.04. The van der Waals surface area contributed by atoms with E-state index in [1.165, 1.54) is 11.1 Å². The van der Waals surface area contributed by atoms with Gasteiger partial charge in [-0.05, 0) is 30.7 Å². The summed E-state index contributed by atoms with van der Waals surface area (Å²) in [6, 6.07) is 16.3. The molecule has 1 fully saturated rings. The highest BCUT2D eigenvalue weighted by molar-refractivity contribution is 5.91. The highest BCUT2D eigenvalue weighted by atomic mass is 16.2. The van der Waals surface area contributed by atoms with Crippen LogP contribution >= 0.6 is 0 Å². The Labute approximate surface area is 165 Å². The SMILES string of the molecule is Cc1cccc(CN2CCN(C(=O)/C=C/c3cnc4ccccc4n3)CC2)c1. The van der Waals surface area contributed by atoms with Gasteiger partial charge in [-0.15, -0.1) is 0 Å². The number of nitrogens with zero attached hydrogens (tertiary/aromatic N) is 4. The molecule has 0 radical (unpaired) electrons. The van der Waals surface area contributed by atoms with Crippen LogP contribution in [-0.4, -0.2) is 51.9 Å². The lowest BCUT2D eigenvalue weighted by atomic mass is 10.1. The summed E-state index contributed by atoms with van der Waals surface area (Å²) in [6.45, 7) is 6.34. The molecule has 0 atom stereocenters. The molecule has 28 heavy (non-hydrogen) atoms. The summed E-state index contributed by atoms with van der Waals surface area (Å²) in [5.74, 6) is 0.0326. The Morgan fingerprint density at radius 2 is 1.82 bits per heavy atom. The Morgan fingerprint density at radius 1 is 1.04 bits per heavy atom. The van der Waals surface area contributed by atoms with Crippen LogP contribution in [-0.2, 0) is 11.3 Å². The molecule has 2 heterocycles. The van der Waals surface area contributed by atoms with Crippen LogP contribution in [0, 0.1) is 6.92 Å². The summed E-state index contributed by atoms with van der Waals surface area (Å²) in [4.78, 5) is 25.7. The minimum atomic E-state index is 0.0326. The van der Waals surface area contributed by atoms with Crippen molar-refractivity contribution >= 4 is 23.0 Å². The van der Waals surface area contributed by atoms with Crippen molar-refractivity contribution in [2.45, 2.75) is 13.5 Å². The molecule has 4 rings (SSSR count). The van der Waals surface area contributed by atoms with Gasteiger partial charge in [-0.25, -0.2) is 4.98 Å². The van der Waals surface area contributed by atoms with E-state index in [9.17, 15) is 4.79 Å². The zero-order valence-electron chi connectivity index (χ0n) is 16.1. The van der Waals surface area contributed by atoms with Crippen molar-refractivity contribution in [1.82, 2.24) is 19.8 Å². The van der Waals surface area contributed by atoms with Crippen LogP contribution in [0.1, 0.15) is 16.8 Å². The van der Waals surface area contributed by atoms with Crippen molar-refractivity contribution in [2.75, 3.05) is 26.2 Å². The highest BCUT2D eigenvalue weighted by Crippen LogP contribution is 2.12. The van der Waals surface area contributed by atoms with E-state index >= 15 is 0 Å². The zero-order chi connectivity index (χ0) is 19.3. The molecule has 3 aromatic rings. The fraction of sp³-hybridized carbons (Fsp3) is 0.261. The van der Waals surface area contributed by atoms with E-state index in [0.29, 0.717) is 5.69 Å². The average Bonchev–Trinajstić information content (AvgIpc) is 2.72. The van der Waals surface area contributed by atoms with Crippen LogP contribution in [0.15, 0.2) is 60.8 Å². The van der Waals surface area contributed by atoms with Crippen LogP contribution < -0.4 is 0 Å². The first-order chi connectivity index (χ1) is 13.7. The molecule has 142 valence electrons. The quantitative estimate of drug-likeness (QED) is 0.660. The molecule has 0 unspecified atom stereocenters. The van der Waals surface area contributed by atoms with Gasteiger partial charge in [0.2, 0.25) is 5.91 Å². The number of hydrogen-bond acceptors (Lipinski definition) is 4. The second-order valence-electron chi connectivity index (χ2n) is 7.21. The topological polar surface area (TPSA) is 49.3 Å². The number of carbonyl (C=O) groups excluding carboxylic acids is 1. The standard InChI is InChI=1S/C23H24N4O/c1-18-5-4-6-19(15-18)17-26-11-13-27(14-12-26)23(28)10-9-20-16-24-21-7-2-3-8-22(21)25-20/h2-10,15-16H,11-14,17H2,1H3/b10-9+. The summed E-state index contributed by atoms with van der Waals surface area (Å²) in [5, 5.41) is 0. The Balaban J connectivity index is 1.32. The van der Waals surface area contributed by atoms with Gasteiger partial charge in [0.25, 0.3) is 0 Å². The van der Waals surface area contributed by atoms with Crippen molar-refractivity contribution in [3.63, 3.8) is 0 Å². The predicted octanol–water partition coefficient (Wildman–Crippen LogP) is 3.30. The molecule has 0 spiro atoms. The van der Waals surface area contributed by atoms with Crippen LogP contribution in [0.2, 0.25) is 0 Å². The Bertz CT molecular complexity index is 1010. The second-order valence-corrected chi connectivity index (χ2v) is 7.21. The van der Waals surface area contributed by atoms with Crippen molar-refractivity contribution < 1.29 is 4.79 Å². The van der Waals surface area contributed by atoms with Gasteiger partial charge in [-0.1, -0.05) is 42.0 Å². The van der Waals surface area contributed by atoms with E-state index in [1.807, 2.05) is 29.2 Å². The number of aryl methyl sites for hydroxylation is 1. The smallest absolute Gasteiger partial charge is 0.246 e. The van der Waals surface area contributed by atoms with Gasteiger partial charge >= 0.3 is 0 Å². The van der Waals surface area contributed by atoms with E-state index in [2.05, 4.69) is 46.1 Å². The minimum Gasteiger partial charge on any atom is -0.337 e. The molecular formula is C23H24N4O. The van der Waals surface area contributed by atoms with E-state index < -0.39 is 0 Å². The molecule has 2 aromatic carbocycles. The van der Waals surface area contributed by atoms with Crippen LogP contribution in [0.3, 0.4) is 0 Å². The van der Waals surface area contributed by atoms with Gasteiger partial charge in [0.05, 0.1) is 22.9 Å². The molecule has 0 bridgehead atoms. The molecule has 5 nitrogen and oxygen atoms in total. The first-order valence-corrected chi connectivity index (χ1v) is 9.64. The number of para-hydroxylation sites is 2. The van der Waals surface area contributed by atoms with Gasteiger partial charge in [-0.2, -0.15) is 0 Å². The molecule has 1 aliphatic heterocycles. The number of fused-ring (bicyclic) bond motifs is 1. The van der Waals surface area contributed by atoms with E-state index in [0.717, 1.165) is 43.8 Å². The largest absolute Gasteiger partial charge is 0.337 e. The summed E-state index contributed by atoms with van der Waals surface area (Å²) < 4.78 is 0. The average molecular weight is 372 g/mol. The molecule has 5 heteroatoms. The molecule has 0 saturated carbocycles. The number of piperazine rings is 1. The number of carbonyl (C=O) groups is 1. The Kier molecular flexibility index (Phi) is 5.44. The first kappa shape index (κ1) is 18.3. The maximum atomic E-state index is 12.5. The van der Waals surface area contributed by atoms with Gasteiger partial charge in [-0.3, -0.25) is 14.7 Å². The lowest BCUT2D eigenvalue weighted by Gasteiger charge is -2.34. The summed E-state index contributed by atoms with van der Waals surface area (Å²) in [7, 11) is 0. The molecule has 1 aliphatic rings. The Morgan fingerprint density at radius 3 is 2.61 bits per heavy atom. The summed E-state index contributed by atoms with van der Waals surface area (Å²) in [5.41, 5.74) is 5.01. The minimum absolute atomic E-state index is 0.0326. The molecule has 1 amide bonds. The van der Waals surface area contributed by atoms with E-state index in [1.54, 1.807) is 18.3 Å². The summed E-state index contributed by atoms with van der Waals surface area (Å²) >= 11 is 0. The maximum Gasteiger partial charge on any atom is 0.246 e. The normalized spacial score (nSPS) is 15.4. The van der Waals surface area contributed by atoms with Gasteiger partial charge in [0, 0.05) is 38.8 Å². The highest BCUT2D eigenvalue weighted by Gasteiger charge is 2.19. The monoisotopic (exact) mass is 372 g/mol. The third-order valence-corrected chi connectivity index (χ3v) is 5.04. The fourth-order valence-corrected chi connectivity index (χ4v) is 3.51. The zero-order valence-corrected chi connectivity index (χ0v) is 16.1. The number of aromatic nitrogens is 2. The molecule has 1 saturated heterocycles. The number of hydrogen-bond donors (Lipinski definition) is 0. The second kappa shape index (κ2) is 8.31. The lowest BCUT2D eigenvalue weighted by Crippen LogP contribution is -2.47. The lowest BCUT2D eigenvalue weighted by molar-refractivity contribution is -0.127. The summed E-state index contributed by atoms with van der Waals surface area (Å²) in [6.07, 6.45) is 5.06. The van der Waals surface area contributed by atoms with Gasteiger partial charge in [0.15, 0.2) is 0 Å². The van der Waals surface area contributed by atoms with Crippen molar-refractivity contribution in [2.24, 2.45) is 0 Å². The molecule has 1 aromatic heterocycles. The maximum absolute atomic E-state index is 12.5. The third kappa shape index (κ3) is 4.43. The number of amides is 1. The predicted molar refractivity (Wildman–Crippen MR) is 112 cm³/mol. The number of rotatable bonds is 4. The molecular weight excluding hydrogens is 348 g/mol. The first-order valence-electron chi connectivity index (χ1n) is 9.64. The van der Waals surface area contributed by atoms with Crippen molar-refractivity contribution in [3.8, 4) is 0 Å². The number of benzene rings is 2. The van der Waals surface area contributed by atoms with Crippen LogP contribution in [0.25, 0.3) is 17.1 Å². The fourth-order valence-electron chi connectivity index (χ4n) is 3.51. The Hall–Kier alpha value is -3.05. The van der Waals surface area contributed by atoms with Crippen molar-refractivity contribution in [1.29, 1.82) is 0 Å². The van der Waals surface area contributed by atoms with E-state index in [4.69, 9.17) is 0 Å².